The molecule has 1 aliphatic heterocycles. The van der Waals surface area contributed by atoms with Crippen LogP contribution in [0.15, 0.2) is 18.2 Å². The van der Waals surface area contributed by atoms with Crippen LogP contribution >= 0.6 is 0 Å². The molecule has 0 bridgehead atoms. The fraction of sp³-hybridized carbons (Fsp3) is 0.611. The standard InChI is InChI=1S/C18H27N3O2/c1-22-10-4-6-14-5-3-9-21(12-14)13-18-16-11-15(23-2)7-8-17(16)19-20-18/h7-8,11,14H,3-6,9-10,12-13H2,1-2H3,(H,19,20). The average molecular weight is 317 g/mol. The van der Waals surface area contributed by atoms with Crippen molar-refractivity contribution in [3.8, 4) is 5.75 Å². The monoisotopic (exact) mass is 317 g/mol. The maximum atomic E-state index is 5.34. The van der Waals surface area contributed by atoms with E-state index in [1.54, 1.807) is 14.2 Å². The molecule has 3 rings (SSSR count). The zero-order valence-corrected chi connectivity index (χ0v) is 14.2. The molecule has 1 N–H and O–H groups in total. The van der Waals surface area contributed by atoms with Gasteiger partial charge < -0.3 is 9.47 Å². The third-order valence-electron chi connectivity index (χ3n) is 4.79. The van der Waals surface area contributed by atoms with E-state index in [1.807, 2.05) is 12.1 Å². The van der Waals surface area contributed by atoms with Crippen LogP contribution in [0.3, 0.4) is 0 Å². The highest BCUT2D eigenvalue weighted by Crippen LogP contribution is 2.26. The maximum Gasteiger partial charge on any atom is 0.119 e. The molecule has 0 radical (unpaired) electrons. The number of rotatable bonds is 7. The predicted octanol–water partition coefficient (Wildman–Crippen LogP) is 3.21. The lowest BCUT2D eigenvalue weighted by molar-refractivity contribution is 0.142. The lowest BCUT2D eigenvalue weighted by Gasteiger charge is -2.32. The molecule has 2 aromatic rings. The van der Waals surface area contributed by atoms with Gasteiger partial charge in [-0.1, -0.05) is 0 Å². The number of hydrogen-bond donors (Lipinski definition) is 1. The van der Waals surface area contributed by atoms with Crippen molar-refractivity contribution < 1.29 is 9.47 Å². The van der Waals surface area contributed by atoms with Gasteiger partial charge in [0.05, 0.1) is 18.3 Å². The first-order valence-electron chi connectivity index (χ1n) is 8.52. The van der Waals surface area contributed by atoms with E-state index in [0.717, 1.165) is 30.3 Å². The van der Waals surface area contributed by atoms with Gasteiger partial charge in [0.1, 0.15) is 5.75 Å². The van der Waals surface area contributed by atoms with Crippen LogP contribution in [0.2, 0.25) is 0 Å². The largest absolute Gasteiger partial charge is 0.497 e. The highest BCUT2D eigenvalue weighted by molar-refractivity contribution is 5.82. The van der Waals surface area contributed by atoms with Crippen LogP contribution in [0, 0.1) is 5.92 Å². The van der Waals surface area contributed by atoms with E-state index in [0.29, 0.717) is 0 Å². The Hall–Kier alpha value is -1.59. The number of likely N-dealkylation sites (tertiary alicyclic amines) is 1. The van der Waals surface area contributed by atoms with E-state index < -0.39 is 0 Å². The van der Waals surface area contributed by atoms with Gasteiger partial charge in [-0.25, -0.2) is 0 Å². The Kier molecular flexibility index (Phi) is 5.51. The Labute approximate surface area is 138 Å². The average Bonchev–Trinajstić information content (AvgIpc) is 2.97. The van der Waals surface area contributed by atoms with Crippen molar-refractivity contribution in [2.24, 2.45) is 5.92 Å². The lowest BCUT2D eigenvalue weighted by Crippen LogP contribution is -2.35. The number of ether oxygens (including phenoxy) is 2. The van der Waals surface area contributed by atoms with Gasteiger partial charge in [-0.05, 0) is 56.3 Å². The van der Waals surface area contributed by atoms with Gasteiger partial charge in [0, 0.05) is 32.2 Å². The molecule has 1 aromatic carbocycles. The number of aromatic amines is 1. The summed E-state index contributed by atoms with van der Waals surface area (Å²) in [7, 11) is 3.49. The number of piperidine rings is 1. The second kappa shape index (κ2) is 7.79. The molecule has 0 saturated carbocycles. The highest BCUT2D eigenvalue weighted by atomic mass is 16.5. The van der Waals surface area contributed by atoms with Gasteiger partial charge in [0.15, 0.2) is 0 Å². The Balaban J connectivity index is 1.64. The molecule has 0 amide bonds. The number of nitrogens with one attached hydrogen (secondary N) is 1. The van der Waals surface area contributed by atoms with Crippen LogP contribution in [0.1, 0.15) is 31.4 Å². The van der Waals surface area contributed by atoms with Crippen LogP contribution in [0.25, 0.3) is 10.9 Å². The number of methoxy groups -OCH3 is 2. The first-order chi connectivity index (χ1) is 11.3. The smallest absolute Gasteiger partial charge is 0.119 e. The summed E-state index contributed by atoms with van der Waals surface area (Å²) < 4.78 is 10.5. The van der Waals surface area contributed by atoms with Gasteiger partial charge in [-0.3, -0.25) is 10.00 Å². The molecule has 5 heteroatoms. The van der Waals surface area contributed by atoms with E-state index in [4.69, 9.17) is 9.47 Å². The van der Waals surface area contributed by atoms with Crippen LogP contribution < -0.4 is 4.74 Å². The Morgan fingerprint density at radius 1 is 1.35 bits per heavy atom. The molecule has 5 nitrogen and oxygen atoms in total. The molecule has 126 valence electrons. The summed E-state index contributed by atoms with van der Waals surface area (Å²) >= 11 is 0. The van der Waals surface area contributed by atoms with Crippen molar-refractivity contribution in [1.29, 1.82) is 0 Å². The second-order valence-corrected chi connectivity index (χ2v) is 6.46. The zero-order chi connectivity index (χ0) is 16.1. The molecule has 1 saturated heterocycles. The fourth-order valence-corrected chi connectivity index (χ4v) is 3.56. The molecule has 2 heterocycles. The summed E-state index contributed by atoms with van der Waals surface area (Å²) in [6.07, 6.45) is 5.06. The van der Waals surface area contributed by atoms with E-state index in [2.05, 4.69) is 21.2 Å². The molecule has 23 heavy (non-hydrogen) atoms. The summed E-state index contributed by atoms with van der Waals surface area (Å²) in [6.45, 7) is 4.16. The SMILES string of the molecule is COCCCC1CCCN(Cc2[nH]nc3ccc(OC)cc23)C1. The third kappa shape index (κ3) is 4.03. The van der Waals surface area contributed by atoms with Crippen molar-refractivity contribution >= 4 is 10.9 Å². The van der Waals surface area contributed by atoms with E-state index in [-0.39, 0.29) is 0 Å². The molecular formula is C18H27N3O2. The number of nitrogens with zero attached hydrogens (tertiary/aromatic N) is 2. The van der Waals surface area contributed by atoms with Crippen LogP contribution in [0.5, 0.6) is 5.75 Å². The predicted molar refractivity (Wildman–Crippen MR) is 91.8 cm³/mol. The number of aromatic nitrogens is 2. The van der Waals surface area contributed by atoms with E-state index in [1.165, 1.54) is 49.9 Å². The summed E-state index contributed by atoms with van der Waals surface area (Å²) in [4.78, 5) is 2.55. The summed E-state index contributed by atoms with van der Waals surface area (Å²) in [5, 5.41) is 8.80. The Morgan fingerprint density at radius 2 is 2.26 bits per heavy atom. The highest BCUT2D eigenvalue weighted by Gasteiger charge is 2.21. The molecule has 1 unspecified atom stereocenters. The minimum atomic E-state index is 0.794. The Bertz CT molecular complexity index is 626. The van der Waals surface area contributed by atoms with Crippen molar-refractivity contribution in [2.45, 2.75) is 32.2 Å². The van der Waals surface area contributed by atoms with E-state index in [9.17, 15) is 0 Å². The molecule has 1 aliphatic rings. The lowest BCUT2D eigenvalue weighted by atomic mass is 9.93. The van der Waals surface area contributed by atoms with E-state index >= 15 is 0 Å². The zero-order valence-electron chi connectivity index (χ0n) is 14.2. The van der Waals surface area contributed by atoms with Crippen molar-refractivity contribution in [2.75, 3.05) is 33.9 Å². The number of H-pyrrole nitrogens is 1. The molecule has 0 aliphatic carbocycles. The Morgan fingerprint density at radius 3 is 3.09 bits per heavy atom. The van der Waals surface area contributed by atoms with Crippen molar-refractivity contribution in [1.82, 2.24) is 15.1 Å². The van der Waals surface area contributed by atoms with Gasteiger partial charge in [0.2, 0.25) is 0 Å². The summed E-state index contributed by atoms with van der Waals surface area (Å²) in [6, 6.07) is 6.05. The topological polar surface area (TPSA) is 50.4 Å². The first kappa shape index (κ1) is 16.3. The van der Waals surface area contributed by atoms with Crippen molar-refractivity contribution in [3.63, 3.8) is 0 Å². The normalized spacial score (nSPS) is 19.3. The van der Waals surface area contributed by atoms with Crippen LogP contribution in [0.4, 0.5) is 0 Å². The van der Waals surface area contributed by atoms with Crippen LogP contribution in [-0.2, 0) is 11.3 Å². The number of fused-ring (bicyclic) bond motifs is 1. The maximum absolute atomic E-state index is 5.34. The second-order valence-electron chi connectivity index (χ2n) is 6.46. The molecular weight excluding hydrogens is 290 g/mol. The van der Waals surface area contributed by atoms with Gasteiger partial charge in [-0.2, -0.15) is 5.10 Å². The quantitative estimate of drug-likeness (QED) is 0.797. The number of hydrogen-bond acceptors (Lipinski definition) is 4. The minimum absolute atomic E-state index is 0.794. The van der Waals surface area contributed by atoms with Gasteiger partial charge in [-0.15, -0.1) is 0 Å². The first-order valence-corrected chi connectivity index (χ1v) is 8.52. The minimum Gasteiger partial charge on any atom is -0.497 e. The van der Waals surface area contributed by atoms with Gasteiger partial charge >= 0.3 is 0 Å². The summed E-state index contributed by atoms with van der Waals surface area (Å²) in [5.41, 5.74) is 2.20. The van der Waals surface area contributed by atoms with Crippen LogP contribution in [-0.4, -0.2) is 49.0 Å². The molecule has 1 fully saturated rings. The third-order valence-corrected chi connectivity index (χ3v) is 4.79. The molecule has 0 spiro atoms. The summed E-state index contributed by atoms with van der Waals surface area (Å²) in [5.74, 6) is 1.68. The molecule has 1 aromatic heterocycles. The van der Waals surface area contributed by atoms with Crippen molar-refractivity contribution in [3.05, 3.63) is 23.9 Å². The molecule has 1 atom stereocenters. The van der Waals surface area contributed by atoms with Gasteiger partial charge in [0.25, 0.3) is 0 Å². The number of benzene rings is 1. The fourth-order valence-electron chi connectivity index (χ4n) is 3.56.